The number of aromatic nitrogens is 6. The summed E-state index contributed by atoms with van der Waals surface area (Å²) in [5.41, 5.74) is 5.24. The van der Waals surface area contributed by atoms with E-state index in [0.29, 0.717) is 30.4 Å². The van der Waals surface area contributed by atoms with E-state index >= 15 is 0 Å². The number of methoxy groups -OCH3 is 1. The first-order valence-electron chi connectivity index (χ1n) is 15.0. The van der Waals surface area contributed by atoms with Crippen molar-refractivity contribution in [3.63, 3.8) is 0 Å². The molecule has 4 aliphatic carbocycles. The van der Waals surface area contributed by atoms with Crippen LogP contribution >= 0.6 is 0 Å². The molecule has 4 bridgehead atoms. The van der Waals surface area contributed by atoms with Crippen molar-refractivity contribution in [1.29, 1.82) is 0 Å². The number of nitrogens with zero attached hydrogens (tertiary/aromatic N) is 5. The van der Waals surface area contributed by atoms with E-state index in [4.69, 9.17) is 14.5 Å². The van der Waals surface area contributed by atoms with E-state index in [2.05, 4.69) is 55.2 Å². The number of hydrogen-bond donors (Lipinski definition) is 3. The third-order valence-corrected chi connectivity index (χ3v) is 9.75. The van der Waals surface area contributed by atoms with Crippen LogP contribution in [0.15, 0.2) is 55.1 Å². The summed E-state index contributed by atoms with van der Waals surface area (Å²) in [6.45, 7) is 3.43. The van der Waals surface area contributed by atoms with Crippen molar-refractivity contribution in [3.05, 3.63) is 60.7 Å². The molecule has 4 saturated carbocycles. The van der Waals surface area contributed by atoms with Gasteiger partial charge in [0.1, 0.15) is 11.6 Å². The fourth-order valence-electron chi connectivity index (χ4n) is 8.22. The molecule has 4 fully saturated rings. The first-order chi connectivity index (χ1) is 20.6. The first kappa shape index (κ1) is 25.5. The highest BCUT2D eigenvalue weighted by atomic mass is 16.5. The van der Waals surface area contributed by atoms with Gasteiger partial charge in [-0.3, -0.25) is 5.10 Å². The number of H-pyrrole nitrogens is 1. The summed E-state index contributed by atoms with van der Waals surface area (Å²) in [7, 11) is 1.66. The van der Waals surface area contributed by atoms with Crippen molar-refractivity contribution in [1.82, 2.24) is 35.1 Å². The summed E-state index contributed by atoms with van der Waals surface area (Å²) in [5.74, 6) is 4.51. The van der Waals surface area contributed by atoms with Gasteiger partial charge in [0.05, 0.1) is 37.0 Å². The molecular formula is C32H36N8O2. The van der Waals surface area contributed by atoms with Gasteiger partial charge in [-0.15, -0.1) is 5.10 Å². The molecule has 5 heterocycles. The van der Waals surface area contributed by atoms with Crippen LogP contribution in [-0.2, 0) is 6.54 Å². The third-order valence-electron chi connectivity index (χ3n) is 9.75. The molecule has 2 atom stereocenters. The van der Waals surface area contributed by atoms with E-state index in [1.165, 1.54) is 37.7 Å². The molecule has 2 unspecified atom stereocenters. The summed E-state index contributed by atoms with van der Waals surface area (Å²) in [6.07, 6.45) is 14.0. The molecule has 9 rings (SSSR count). The predicted octanol–water partition coefficient (Wildman–Crippen LogP) is 5.22. The van der Waals surface area contributed by atoms with Gasteiger partial charge >= 0.3 is 0 Å². The Morgan fingerprint density at radius 3 is 2.67 bits per heavy atom. The van der Waals surface area contributed by atoms with Gasteiger partial charge in [0.2, 0.25) is 5.88 Å². The fraction of sp³-hybridized carbons (Fsp3) is 0.438. The number of fused-ring (bicyclic) bond motifs is 3. The van der Waals surface area contributed by atoms with E-state index in [1.807, 2.05) is 42.3 Å². The Labute approximate surface area is 244 Å². The standard InChI is InChI=1S/C32H36N8O2/c1-3-42-24-10-25(30-26-17-36-38-31(26)39-40(30)18-24)21-5-6-27(33-16-21)37-29-22-8-20-9-23(29)13-32(11-20,12-22)35-15-19-4-7-28(41-2)34-14-19/h4-7,10,14,16-18,20,22-23,29,35H,3,8-9,11-13,15H2,1-2H3,(H,33,37)(H,38,39). The Morgan fingerprint density at radius 2 is 1.93 bits per heavy atom. The van der Waals surface area contributed by atoms with Gasteiger partial charge in [-0.2, -0.15) is 5.10 Å². The number of rotatable bonds is 9. The molecule has 3 N–H and O–H groups in total. The van der Waals surface area contributed by atoms with Gasteiger partial charge in [0.15, 0.2) is 5.65 Å². The lowest BCUT2D eigenvalue weighted by Gasteiger charge is -2.60. The molecule has 0 aliphatic heterocycles. The van der Waals surface area contributed by atoms with Crippen LogP contribution < -0.4 is 20.1 Å². The fourth-order valence-corrected chi connectivity index (χ4v) is 8.22. The maximum absolute atomic E-state index is 5.85. The van der Waals surface area contributed by atoms with Gasteiger partial charge in [-0.1, -0.05) is 6.07 Å². The molecule has 0 saturated heterocycles. The maximum atomic E-state index is 5.85. The average molecular weight is 565 g/mol. The zero-order chi connectivity index (χ0) is 28.3. The molecule has 10 nitrogen and oxygen atoms in total. The molecule has 0 radical (unpaired) electrons. The van der Waals surface area contributed by atoms with Gasteiger partial charge in [-0.25, -0.2) is 14.5 Å². The minimum atomic E-state index is 0.229. The Balaban J connectivity index is 1.00. The molecule has 10 heteroatoms. The average Bonchev–Trinajstić information content (AvgIpc) is 3.60. The highest BCUT2D eigenvalue weighted by Gasteiger charge is 2.55. The normalized spacial score (nSPS) is 26.2. The lowest BCUT2D eigenvalue weighted by atomic mass is 9.51. The van der Waals surface area contributed by atoms with Crippen molar-refractivity contribution < 1.29 is 9.47 Å². The molecule has 42 heavy (non-hydrogen) atoms. The highest BCUT2D eigenvalue weighted by Crippen LogP contribution is 2.56. The van der Waals surface area contributed by atoms with Crippen molar-refractivity contribution in [3.8, 4) is 22.8 Å². The number of pyridine rings is 3. The second kappa shape index (κ2) is 9.97. The summed E-state index contributed by atoms with van der Waals surface area (Å²) < 4.78 is 12.9. The number of hydrogen-bond acceptors (Lipinski definition) is 8. The van der Waals surface area contributed by atoms with Gasteiger partial charge in [-0.05, 0) is 80.5 Å². The molecule has 4 aliphatic rings. The van der Waals surface area contributed by atoms with E-state index in [0.717, 1.165) is 51.7 Å². The minimum Gasteiger partial charge on any atom is -0.492 e. The van der Waals surface area contributed by atoms with Crippen LogP contribution in [0.2, 0.25) is 0 Å². The molecule has 5 aromatic rings. The van der Waals surface area contributed by atoms with Crippen LogP contribution in [0.1, 0.15) is 44.6 Å². The van der Waals surface area contributed by atoms with Gasteiger partial charge < -0.3 is 20.1 Å². The number of ether oxygens (including phenoxy) is 2. The number of nitrogens with one attached hydrogen (secondary N) is 3. The van der Waals surface area contributed by atoms with E-state index in [9.17, 15) is 0 Å². The van der Waals surface area contributed by atoms with Crippen molar-refractivity contribution in [2.45, 2.75) is 57.2 Å². The highest BCUT2D eigenvalue weighted by molar-refractivity contribution is 6.00. The number of anilines is 1. The number of aromatic amines is 1. The smallest absolute Gasteiger partial charge is 0.212 e. The van der Waals surface area contributed by atoms with Crippen LogP contribution in [0.25, 0.3) is 27.7 Å². The van der Waals surface area contributed by atoms with Crippen LogP contribution in [0.4, 0.5) is 5.82 Å². The Hall–Kier alpha value is -4.18. The second-order valence-electron chi connectivity index (χ2n) is 12.4. The SMILES string of the molecule is CCOc1cc(-c2ccc(NC3C4CC5CC3CC(NCc3ccc(OC)nc3)(C5)C4)nc2)c2c3cn[nH]c3nn2c1. The van der Waals surface area contributed by atoms with E-state index in [1.54, 1.807) is 7.11 Å². The quantitative estimate of drug-likeness (QED) is 0.223. The molecule has 216 valence electrons. The predicted molar refractivity (Wildman–Crippen MR) is 161 cm³/mol. The summed E-state index contributed by atoms with van der Waals surface area (Å²) in [6, 6.07) is 10.9. The summed E-state index contributed by atoms with van der Waals surface area (Å²) in [5, 5.41) is 20.7. The van der Waals surface area contributed by atoms with Gasteiger partial charge in [0.25, 0.3) is 0 Å². The lowest BCUT2D eigenvalue weighted by Crippen LogP contribution is -2.64. The zero-order valence-corrected chi connectivity index (χ0v) is 24.0. The monoisotopic (exact) mass is 564 g/mol. The minimum absolute atomic E-state index is 0.229. The lowest BCUT2D eigenvalue weighted by molar-refractivity contribution is -0.0305. The summed E-state index contributed by atoms with van der Waals surface area (Å²) >= 11 is 0. The first-order valence-corrected chi connectivity index (χ1v) is 15.0. The van der Waals surface area contributed by atoms with Crippen LogP contribution in [0.3, 0.4) is 0 Å². The topological polar surface area (TPSA) is 114 Å². The Bertz CT molecular complexity index is 1710. The molecule has 0 amide bonds. The van der Waals surface area contributed by atoms with Crippen molar-refractivity contribution >= 4 is 22.4 Å². The zero-order valence-electron chi connectivity index (χ0n) is 24.0. The molecule has 0 spiro atoms. The second-order valence-corrected chi connectivity index (χ2v) is 12.4. The van der Waals surface area contributed by atoms with Crippen molar-refractivity contribution in [2.75, 3.05) is 19.0 Å². The Kier molecular flexibility index (Phi) is 6.06. The van der Waals surface area contributed by atoms with Crippen LogP contribution in [0.5, 0.6) is 11.6 Å². The van der Waals surface area contributed by atoms with Crippen LogP contribution in [0, 0.1) is 17.8 Å². The largest absolute Gasteiger partial charge is 0.492 e. The van der Waals surface area contributed by atoms with Crippen LogP contribution in [-0.4, -0.2) is 55.1 Å². The van der Waals surface area contributed by atoms with E-state index < -0.39 is 0 Å². The van der Waals surface area contributed by atoms with Crippen molar-refractivity contribution in [2.24, 2.45) is 17.8 Å². The molecule has 0 aromatic carbocycles. The van der Waals surface area contributed by atoms with Gasteiger partial charge in [0, 0.05) is 47.7 Å². The molecular weight excluding hydrogens is 528 g/mol. The molecule has 5 aromatic heterocycles. The summed E-state index contributed by atoms with van der Waals surface area (Å²) in [4.78, 5) is 9.30. The third kappa shape index (κ3) is 4.36. The Morgan fingerprint density at radius 1 is 1.05 bits per heavy atom. The van der Waals surface area contributed by atoms with E-state index in [-0.39, 0.29) is 5.54 Å². The maximum Gasteiger partial charge on any atom is 0.212 e.